The molecule has 0 spiro atoms. The summed E-state index contributed by atoms with van der Waals surface area (Å²) in [6.45, 7) is 2.87. The van der Waals surface area contributed by atoms with Crippen molar-refractivity contribution in [3.05, 3.63) is 28.8 Å². The molecule has 0 saturated heterocycles. The summed E-state index contributed by atoms with van der Waals surface area (Å²) in [5.74, 6) is 1.69. The Labute approximate surface area is 159 Å². The van der Waals surface area contributed by atoms with Gasteiger partial charge in [-0.25, -0.2) is 0 Å². The smallest absolute Gasteiger partial charge is 0.242 e. The van der Waals surface area contributed by atoms with Crippen molar-refractivity contribution in [3.8, 4) is 0 Å². The number of carbonyl (C=O) groups excluding carboxylic acids is 1. The molecule has 0 aromatic heterocycles. The molecule has 4 fully saturated rings. The number of amides is 1. The van der Waals surface area contributed by atoms with E-state index in [1.54, 1.807) is 0 Å². The summed E-state index contributed by atoms with van der Waals surface area (Å²) in [7, 11) is 0. The van der Waals surface area contributed by atoms with Gasteiger partial charge in [0.1, 0.15) is 6.04 Å². The fraction of sp³-hybridized carbons (Fsp3) is 0.667. The second-order valence-corrected chi connectivity index (χ2v) is 9.56. The van der Waals surface area contributed by atoms with E-state index in [0.29, 0.717) is 17.8 Å². The molecule has 140 valence electrons. The molecule has 1 aromatic carbocycles. The van der Waals surface area contributed by atoms with Crippen molar-refractivity contribution in [1.82, 2.24) is 5.32 Å². The van der Waals surface area contributed by atoms with Crippen LogP contribution in [0.1, 0.15) is 44.6 Å². The van der Waals surface area contributed by atoms with E-state index in [9.17, 15) is 9.90 Å². The molecule has 2 N–H and O–H groups in total. The van der Waals surface area contributed by atoms with Crippen LogP contribution >= 0.6 is 11.6 Å². The van der Waals surface area contributed by atoms with E-state index in [-0.39, 0.29) is 18.0 Å². The van der Waals surface area contributed by atoms with Crippen molar-refractivity contribution in [3.63, 3.8) is 0 Å². The average Bonchev–Trinajstić information content (AvgIpc) is 2.98. The summed E-state index contributed by atoms with van der Waals surface area (Å²) < 4.78 is 0. The molecule has 4 saturated carbocycles. The number of hydrogen-bond donors (Lipinski definition) is 2. The van der Waals surface area contributed by atoms with Crippen LogP contribution in [0, 0.1) is 17.8 Å². The van der Waals surface area contributed by atoms with Gasteiger partial charge in [0.05, 0.1) is 5.60 Å². The zero-order valence-corrected chi connectivity index (χ0v) is 16.0. The van der Waals surface area contributed by atoms with Gasteiger partial charge in [0.15, 0.2) is 0 Å². The highest BCUT2D eigenvalue weighted by Crippen LogP contribution is 2.55. The molecule has 3 unspecified atom stereocenters. The minimum Gasteiger partial charge on any atom is -0.390 e. The fourth-order valence-corrected chi connectivity index (χ4v) is 6.64. The van der Waals surface area contributed by atoms with Gasteiger partial charge in [0.25, 0.3) is 0 Å². The standard InChI is InChI=1S/C21H27ClN2O2/c1-12(24-5-4-14-8-17(22)2-3-18(14)24)20(25)23-19-15-6-13-7-16(19)11-21(26,9-13)10-15/h2-3,8,12-13,15-16,19,26H,4-7,9-11H2,1H3,(H,23,25). The Hall–Kier alpha value is -1.26. The molecule has 6 rings (SSSR count). The minimum atomic E-state index is -0.448. The van der Waals surface area contributed by atoms with Gasteiger partial charge in [-0.3, -0.25) is 4.79 Å². The van der Waals surface area contributed by atoms with Crippen molar-refractivity contribution >= 4 is 23.2 Å². The maximum atomic E-state index is 13.0. The fourth-order valence-electron chi connectivity index (χ4n) is 6.44. The average molecular weight is 375 g/mol. The van der Waals surface area contributed by atoms with Crippen molar-refractivity contribution in [2.24, 2.45) is 17.8 Å². The van der Waals surface area contributed by atoms with E-state index in [0.717, 1.165) is 42.9 Å². The lowest BCUT2D eigenvalue weighted by molar-refractivity contribution is -0.147. The van der Waals surface area contributed by atoms with Crippen molar-refractivity contribution < 1.29 is 9.90 Å². The largest absolute Gasteiger partial charge is 0.390 e. The van der Waals surface area contributed by atoms with Gasteiger partial charge in [0.2, 0.25) is 5.91 Å². The highest BCUT2D eigenvalue weighted by Gasteiger charge is 2.55. The number of nitrogens with one attached hydrogen (secondary N) is 1. The third-order valence-electron chi connectivity index (χ3n) is 7.37. The number of nitrogens with zero attached hydrogens (tertiary/aromatic N) is 1. The molecule has 4 aliphatic carbocycles. The van der Waals surface area contributed by atoms with Crippen LogP contribution in [0.15, 0.2) is 18.2 Å². The summed E-state index contributed by atoms with van der Waals surface area (Å²) in [4.78, 5) is 15.2. The topological polar surface area (TPSA) is 52.6 Å². The van der Waals surface area contributed by atoms with Crippen LogP contribution in [0.2, 0.25) is 5.02 Å². The maximum absolute atomic E-state index is 13.0. The van der Waals surface area contributed by atoms with Crippen LogP contribution in [0.3, 0.4) is 0 Å². The SMILES string of the molecule is CC(C(=O)NC1C2CC3CC1CC(O)(C3)C2)N1CCc2cc(Cl)ccc21. The first-order valence-corrected chi connectivity index (χ1v) is 10.4. The van der Waals surface area contributed by atoms with E-state index in [1.165, 1.54) is 18.4 Å². The first-order chi connectivity index (χ1) is 12.4. The summed E-state index contributed by atoms with van der Waals surface area (Å²) in [6, 6.07) is 6.01. The lowest BCUT2D eigenvalue weighted by Gasteiger charge is -2.58. The lowest BCUT2D eigenvalue weighted by atomic mass is 9.52. The van der Waals surface area contributed by atoms with Gasteiger partial charge in [-0.1, -0.05) is 11.6 Å². The zero-order valence-electron chi connectivity index (χ0n) is 15.2. The first kappa shape index (κ1) is 16.9. The third-order valence-corrected chi connectivity index (χ3v) is 7.60. The van der Waals surface area contributed by atoms with E-state index in [1.807, 2.05) is 25.1 Å². The second kappa shape index (κ2) is 5.87. The molecule has 3 atom stereocenters. The molecule has 26 heavy (non-hydrogen) atoms. The number of aliphatic hydroxyl groups is 1. The van der Waals surface area contributed by atoms with E-state index >= 15 is 0 Å². The van der Waals surface area contributed by atoms with E-state index in [2.05, 4.69) is 10.2 Å². The number of fused-ring (bicyclic) bond motifs is 1. The van der Waals surface area contributed by atoms with E-state index < -0.39 is 5.60 Å². The number of rotatable bonds is 3. The predicted molar refractivity (Wildman–Crippen MR) is 102 cm³/mol. The minimum absolute atomic E-state index is 0.122. The molecule has 4 nitrogen and oxygen atoms in total. The highest BCUT2D eigenvalue weighted by atomic mass is 35.5. The molecule has 5 aliphatic rings. The molecule has 5 heteroatoms. The number of carbonyl (C=O) groups is 1. The van der Waals surface area contributed by atoms with Gasteiger partial charge >= 0.3 is 0 Å². The Morgan fingerprint density at radius 2 is 2.04 bits per heavy atom. The van der Waals surface area contributed by atoms with Gasteiger partial charge in [-0.05, 0) is 87.0 Å². The number of benzene rings is 1. The van der Waals surface area contributed by atoms with Gasteiger partial charge < -0.3 is 15.3 Å². The van der Waals surface area contributed by atoms with Crippen molar-refractivity contribution in [2.75, 3.05) is 11.4 Å². The first-order valence-electron chi connectivity index (χ1n) is 10.00. The summed E-state index contributed by atoms with van der Waals surface area (Å²) in [6.07, 6.45) is 5.99. The Morgan fingerprint density at radius 3 is 2.73 bits per heavy atom. The molecule has 1 amide bonds. The summed E-state index contributed by atoms with van der Waals surface area (Å²) in [5, 5.41) is 14.9. The molecule has 1 heterocycles. The Balaban J connectivity index is 1.30. The lowest BCUT2D eigenvalue weighted by Crippen LogP contribution is -2.63. The van der Waals surface area contributed by atoms with Crippen LogP contribution in [0.4, 0.5) is 5.69 Å². The van der Waals surface area contributed by atoms with Crippen LogP contribution in [-0.2, 0) is 11.2 Å². The molecule has 1 aromatic rings. The number of halogens is 1. The normalized spacial score (nSPS) is 38.3. The molecular weight excluding hydrogens is 348 g/mol. The molecular formula is C21H27ClN2O2. The predicted octanol–water partition coefficient (Wildman–Crippen LogP) is 3.15. The Kier molecular flexibility index (Phi) is 3.81. The molecule has 1 aliphatic heterocycles. The van der Waals surface area contributed by atoms with Gasteiger partial charge in [0, 0.05) is 23.3 Å². The van der Waals surface area contributed by atoms with Crippen LogP contribution < -0.4 is 10.2 Å². The summed E-state index contributed by atoms with van der Waals surface area (Å²) in [5.41, 5.74) is 1.92. The second-order valence-electron chi connectivity index (χ2n) is 9.12. The Bertz CT molecular complexity index is 736. The zero-order chi connectivity index (χ0) is 18.1. The van der Waals surface area contributed by atoms with Crippen LogP contribution in [-0.4, -0.2) is 35.2 Å². The Morgan fingerprint density at radius 1 is 1.31 bits per heavy atom. The third kappa shape index (κ3) is 2.65. The van der Waals surface area contributed by atoms with Crippen molar-refractivity contribution in [1.29, 1.82) is 0 Å². The highest BCUT2D eigenvalue weighted by molar-refractivity contribution is 6.30. The summed E-state index contributed by atoms with van der Waals surface area (Å²) >= 11 is 6.10. The van der Waals surface area contributed by atoms with Crippen LogP contribution in [0.5, 0.6) is 0 Å². The van der Waals surface area contributed by atoms with Gasteiger partial charge in [-0.2, -0.15) is 0 Å². The monoisotopic (exact) mass is 374 g/mol. The van der Waals surface area contributed by atoms with Gasteiger partial charge in [-0.15, -0.1) is 0 Å². The quantitative estimate of drug-likeness (QED) is 0.854. The van der Waals surface area contributed by atoms with E-state index in [4.69, 9.17) is 11.6 Å². The molecule has 0 radical (unpaired) electrons. The number of anilines is 1. The number of hydrogen-bond acceptors (Lipinski definition) is 3. The van der Waals surface area contributed by atoms with Crippen molar-refractivity contribution in [2.45, 2.75) is 63.1 Å². The maximum Gasteiger partial charge on any atom is 0.242 e. The molecule has 4 bridgehead atoms. The van der Waals surface area contributed by atoms with Crippen LogP contribution in [0.25, 0.3) is 0 Å².